The molecule has 0 aliphatic carbocycles. The maximum Gasteiger partial charge on any atom is 0.191 e. The number of nitrogens with one attached hydrogen (secondary N) is 2. The Bertz CT molecular complexity index is 1040. The molecule has 3 aromatic rings. The van der Waals surface area contributed by atoms with Gasteiger partial charge < -0.3 is 24.7 Å². The summed E-state index contributed by atoms with van der Waals surface area (Å²) in [7, 11) is 1.71. The maximum absolute atomic E-state index is 5.39. The van der Waals surface area contributed by atoms with Gasteiger partial charge in [-0.25, -0.2) is 9.98 Å². The molecule has 0 spiro atoms. The van der Waals surface area contributed by atoms with Crippen LogP contribution in [0.5, 0.6) is 5.75 Å². The van der Waals surface area contributed by atoms with Gasteiger partial charge in [0.15, 0.2) is 5.96 Å². The van der Waals surface area contributed by atoms with Crippen LogP contribution in [0.4, 0.5) is 5.69 Å². The van der Waals surface area contributed by atoms with E-state index in [1.807, 2.05) is 24.3 Å². The summed E-state index contributed by atoms with van der Waals surface area (Å²) >= 11 is 0. The number of aromatic nitrogens is 2. The van der Waals surface area contributed by atoms with Crippen LogP contribution in [0.15, 0.2) is 53.7 Å². The van der Waals surface area contributed by atoms with Crippen molar-refractivity contribution in [2.45, 2.75) is 39.3 Å². The average Bonchev–Trinajstić information content (AvgIpc) is 3.22. The largest absolute Gasteiger partial charge is 0.497 e. The molecule has 1 aliphatic heterocycles. The Morgan fingerprint density at radius 3 is 2.94 bits per heavy atom. The van der Waals surface area contributed by atoms with Gasteiger partial charge in [0.2, 0.25) is 0 Å². The molecular formula is C24H32N6O. The van der Waals surface area contributed by atoms with Crippen LogP contribution in [-0.2, 0) is 6.54 Å². The zero-order valence-corrected chi connectivity index (χ0v) is 18.6. The highest BCUT2D eigenvalue weighted by atomic mass is 16.5. The molecule has 164 valence electrons. The van der Waals surface area contributed by atoms with Gasteiger partial charge in [0.1, 0.15) is 11.4 Å². The van der Waals surface area contributed by atoms with E-state index in [1.165, 1.54) is 11.4 Å². The summed E-state index contributed by atoms with van der Waals surface area (Å²) in [5, 5.41) is 7.02. The van der Waals surface area contributed by atoms with E-state index in [0.717, 1.165) is 55.5 Å². The minimum absolute atomic E-state index is 0.334. The van der Waals surface area contributed by atoms with E-state index in [9.17, 15) is 0 Å². The van der Waals surface area contributed by atoms with Gasteiger partial charge in [0.05, 0.1) is 19.3 Å². The lowest BCUT2D eigenvalue weighted by Crippen LogP contribution is -2.51. The number of ether oxygens (including phenoxy) is 1. The SMILES string of the molecule is CCNC(=NCc1cn2c(C)cccc2n1)NC1CCCN(c2cccc(OC)c2)C1. The number of pyridine rings is 1. The molecule has 1 unspecified atom stereocenters. The fourth-order valence-electron chi connectivity index (χ4n) is 4.09. The topological polar surface area (TPSA) is 66.2 Å². The van der Waals surface area contributed by atoms with Crippen molar-refractivity contribution >= 4 is 17.3 Å². The number of nitrogens with zero attached hydrogens (tertiary/aromatic N) is 4. The molecule has 1 aromatic carbocycles. The number of aliphatic imine (C=N–C) groups is 1. The molecule has 2 aromatic heterocycles. The Balaban J connectivity index is 1.43. The van der Waals surface area contributed by atoms with Crippen molar-refractivity contribution in [2.24, 2.45) is 4.99 Å². The van der Waals surface area contributed by atoms with Crippen molar-refractivity contribution < 1.29 is 4.74 Å². The van der Waals surface area contributed by atoms with Crippen LogP contribution in [0.25, 0.3) is 5.65 Å². The van der Waals surface area contributed by atoms with Gasteiger partial charge in [0, 0.05) is 49.3 Å². The highest BCUT2D eigenvalue weighted by Crippen LogP contribution is 2.24. The first-order chi connectivity index (χ1) is 15.2. The lowest BCUT2D eigenvalue weighted by molar-refractivity contribution is 0.414. The van der Waals surface area contributed by atoms with Crippen LogP contribution in [-0.4, -0.2) is 48.1 Å². The van der Waals surface area contributed by atoms with Gasteiger partial charge in [-0.1, -0.05) is 12.1 Å². The standard InChI is InChI=1S/C24H32N6O/c1-4-25-24(26-15-20-17-30-18(2)8-5-12-23(30)27-20)28-19-9-7-13-29(16-19)21-10-6-11-22(14-21)31-3/h5-6,8,10-12,14,17,19H,4,7,9,13,15-16H2,1-3H3,(H2,25,26,28). The second kappa shape index (κ2) is 9.73. The fraction of sp³-hybridized carbons (Fsp3) is 0.417. The molecule has 31 heavy (non-hydrogen) atoms. The number of piperidine rings is 1. The summed E-state index contributed by atoms with van der Waals surface area (Å²) < 4.78 is 7.50. The molecule has 7 heteroatoms. The van der Waals surface area contributed by atoms with E-state index in [0.29, 0.717) is 12.6 Å². The molecular weight excluding hydrogens is 388 g/mol. The summed E-state index contributed by atoms with van der Waals surface area (Å²) in [5.41, 5.74) is 4.30. The summed E-state index contributed by atoms with van der Waals surface area (Å²) in [5.74, 6) is 1.74. The number of imidazole rings is 1. The molecule has 0 amide bonds. The lowest BCUT2D eigenvalue weighted by atomic mass is 10.0. The Hall–Kier alpha value is -3.22. The van der Waals surface area contributed by atoms with Crippen LogP contribution in [0.2, 0.25) is 0 Å². The van der Waals surface area contributed by atoms with Gasteiger partial charge in [-0.3, -0.25) is 0 Å². The maximum atomic E-state index is 5.39. The summed E-state index contributed by atoms with van der Waals surface area (Å²) in [6, 6.07) is 14.8. The van der Waals surface area contributed by atoms with Gasteiger partial charge in [0.25, 0.3) is 0 Å². The number of hydrogen-bond acceptors (Lipinski definition) is 4. The van der Waals surface area contributed by atoms with E-state index in [1.54, 1.807) is 7.11 Å². The van der Waals surface area contributed by atoms with Crippen molar-refractivity contribution in [3.8, 4) is 5.75 Å². The van der Waals surface area contributed by atoms with Gasteiger partial charge in [-0.15, -0.1) is 0 Å². The summed E-state index contributed by atoms with van der Waals surface area (Å²) in [6.07, 6.45) is 4.33. The number of benzene rings is 1. The third kappa shape index (κ3) is 5.10. The smallest absolute Gasteiger partial charge is 0.191 e. The van der Waals surface area contributed by atoms with E-state index < -0.39 is 0 Å². The molecule has 2 N–H and O–H groups in total. The first kappa shape index (κ1) is 21.0. The summed E-state index contributed by atoms with van der Waals surface area (Å²) in [4.78, 5) is 11.9. The van der Waals surface area contributed by atoms with Crippen LogP contribution < -0.4 is 20.3 Å². The molecule has 0 radical (unpaired) electrons. The third-order valence-corrected chi connectivity index (χ3v) is 5.67. The Kier molecular flexibility index (Phi) is 6.60. The molecule has 1 saturated heterocycles. The monoisotopic (exact) mass is 420 g/mol. The highest BCUT2D eigenvalue weighted by molar-refractivity contribution is 5.80. The van der Waals surface area contributed by atoms with Crippen LogP contribution in [0.3, 0.4) is 0 Å². The second-order valence-corrected chi connectivity index (χ2v) is 7.95. The normalized spacial score (nSPS) is 17.1. The van der Waals surface area contributed by atoms with Gasteiger partial charge in [-0.05, 0) is 51.0 Å². The van der Waals surface area contributed by atoms with Crippen LogP contribution in [0.1, 0.15) is 31.2 Å². The first-order valence-electron chi connectivity index (χ1n) is 11.0. The molecule has 1 fully saturated rings. The van der Waals surface area contributed by atoms with Crippen molar-refractivity contribution in [3.05, 3.63) is 60.0 Å². The minimum Gasteiger partial charge on any atom is -0.497 e. The molecule has 1 aliphatic rings. The number of hydrogen-bond donors (Lipinski definition) is 2. The Morgan fingerprint density at radius 2 is 2.13 bits per heavy atom. The predicted molar refractivity (Wildman–Crippen MR) is 126 cm³/mol. The van der Waals surface area contributed by atoms with Crippen LogP contribution in [0, 0.1) is 6.92 Å². The Morgan fingerprint density at radius 1 is 1.26 bits per heavy atom. The predicted octanol–water partition coefficient (Wildman–Crippen LogP) is 3.38. The van der Waals surface area contributed by atoms with E-state index in [2.05, 4.69) is 58.2 Å². The van der Waals surface area contributed by atoms with Gasteiger partial charge in [-0.2, -0.15) is 0 Å². The number of aryl methyl sites for hydroxylation is 1. The Labute approximate surface area is 184 Å². The van der Waals surface area contributed by atoms with Crippen molar-refractivity contribution in [3.63, 3.8) is 0 Å². The minimum atomic E-state index is 0.334. The molecule has 0 bridgehead atoms. The zero-order valence-electron chi connectivity index (χ0n) is 18.6. The second-order valence-electron chi connectivity index (χ2n) is 7.95. The third-order valence-electron chi connectivity index (χ3n) is 5.67. The average molecular weight is 421 g/mol. The molecule has 1 atom stereocenters. The van der Waals surface area contributed by atoms with E-state index >= 15 is 0 Å². The first-order valence-corrected chi connectivity index (χ1v) is 11.0. The van der Waals surface area contributed by atoms with Crippen molar-refractivity contribution in [1.29, 1.82) is 0 Å². The molecule has 4 rings (SSSR count). The van der Waals surface area contributed by atoms with Gasteiger partial charge >= 0.3 is 0 Å². The number of guanidine groups is 1. The molecule has 0 saturated carbocycles. The van der Waals surface area contributed by atoms with Crippen molar-refractivity contribution in [1.82, 2.24) is 20.0 Å². The number of rotatable bonds is 6. The zero-order chi connectivity index (χ0) is 21.6. The molecule has 3 heterocycles. The number of anilines is 1. The lowest BCUT2D eigenvalue weighted by Gasteiger charge is -2.35. The number of methoxy groups -OCH3 is 1. The highest BCUT2D eigenvalue weighted by Gasteiger charge is 2.21. The van der Waals surface area contributed by atoms with Crippen molar-refractivity contribution in [2.75, 3.05) is 31.6 Å². The molecule has 7 nitrogen and oxygen atoms in total. The summed E-state index contributed by atoms with van der Waals surface area (Å²) in [6.45, 7) is 7.54. The fourth-order valence-corrected chi connectivity index (χ4v) is 4.09. The quantitative estimate of drug-likeness (QED) is 0.473. The van der Waals surface area contributed by atoms with Crippen LogP contribution >= 0.6 is 0 Å². The van der Waals surface area contributed by atoms with E-state index in [4.69, 9.17) is 14.7 Å². The number of fused-ring (bicyclic) bond motifs is 1. The van der Waals surface area contributed by atoms with E-state index in [-0.39, 0.29) is 0 Å².